The zero-order valence-corrected chi connectivity index (χ0v) is 17.5. The van der Waals surface area contributed by atoms with Crippen LogP contribution in [0.4, 0.5) is 29.1 Å². The van der Waals surface area contributed by atoms with Crippen molar-refractivity contribution in [3.8, 4) is 0 Å². The lowest BCUT2D eigenvalue weighted by Gasteiger charge is -2.14. The number of ketones is 1. The SMILES string of the molecule is CCNc1ncnc2[nH]cc(C(=O)c3c(F)ccc(NSC4=C(F)CCC(F)=C4)c3F)c12. The number of nitrogens with one attached hydrogen (secondary N) is 3. The first-order chi connectivity index (χ1) is 15.4. The highest BCUT2D eigenvalue weighted by atomic mass is 32.2. The Bertz CT molecular complexity index is 1270. The summed E-state index contributed by atoms with van der Waals surface area (Å²) in [7, 11) is 0. The molecule has 4 rings (SSSR count). The van der Waals surface area contributed by atoms with Crippen molar-refractivity contribution in [3.63, 3.8) is 0 Å². The number of benzene rings is 1. The lowest BCUT2D eigenvalue weighted by Crippen LogP contribution is -2.10. The summed E-state index contributed by atoms with van der Waals surface area (Å²) in [5.74, 6) is -3.82. The van der Waals surface area contributed by atoms with Gasteiger partial charge in [-0.25, -0.2) is 27.5 Å². The van der Waals surface area contributed by atoms with Crippen LogP contribution in [0.3, 0.4) is 0 Å². The molecule has 0 radical (unpaired) electrons. The maximum atomic E-state index is 15.2. The van der Waals surface area contributed by atoms with Crippen LogP contribution in [0.5, 0.6) is 0 Å². The largest absolute Gasteiger partial charge is 0.370 e. The summed E-state index contributed by atoms with van der Waals surface area (Å²) < 4.78 is 59.6. The number of carbonyl (C=O) groups excluding carboxylic acids is 1. The number of aromatic amines is 1. The number of hydrogen-bond acceptors (Lipinski definition) is 6. The van der Waals surface area contributed by atoms with Gasteiger partial charge in [-0.05, 0) is 37.1 Å². The highest BCUT2D eigenvalue weighted by molar-refractivity contribution is 8.04. The number of aromatic nitrogens is 3. The number of allylic oxidation sites excluding steroid dienone is 3. The first-order valence-electron chi connectivity index (χ1n) is 9.67. The van der Waals surface area contributed by atoms with E-state index in [1.165, 1.54) is 12.5 Å². The van der Waals surface area contributed by atoms with Gasteiger partial charge in [0.15, 0.2) is 5.82 Å². The molecule has 0 fully saturated rings. The van der Waals surface area contributed by atoms with Gasteiger partial charge in [0.1, 0.15) is 35.3 Å². The van der Waals surface area contributed by atoms with Crippen LogP contribution >= 0.6 is 11.9 Å². The standard InChI is InChI=1S/C21H17F4N5OS/c1-2-26-20-16-11(8-27-21(16)29-9-28-20)19(31)17-13(24)5-6-14(18(17)25)30-32-15-7-10(22)3-4-12(15)23/h5-9,30H,2-4H2,1H3,(H2,26,27,28,29). The fourth-order valence-electron chi connectivity index (χ4n) is 3.26. The van der Waals surface area contributed by atoms with Crippen LogP contribution in [-0.2, 0) is 0 Å². The van der Waals surface area contributed by atoms with Crippen molar-refractivity contribution >= 4 is 40.3 Å². The van der Waals surface area contributed by atoms with Crippen LogP contribution in [0.2, 0.25) is 0 Å². The average molecular weight is 463 g/mol. The summed E-state index contributed by atoms with van der Waals surface area (Å²) >= 11 is 0.640. The minimum absolute atomic E-state index is 0.00908. The van der Waals surface area contributed by atoms with E-state index in [-0.39, 0.29) is 29.0 Å². The van der Waals surface area contributed by atoms with E-state index in [2.05, 4.69) is 25.0 Å². The van der Waals surface area contributed by atoms with Crippen molar-refractivity contribution in [3.05, 3.63) is 70.1 Å². The monoisotopic (exact) mass is 463 g/mol. The van der Waals surface area contributed by atoms with Gasteiger partial charge in [0.2, 0.25) is 5.78 Å². The lowest BCUT2D eigenvalue weighted by molar-refractivity contribution is 0.103. The molecule has 1 aliphatic rings. The number of hydrogen-bond donors (Lipinski definition) is 3. The second kappa shape index (κ2) is 9.03. The van der Waals surface area contributed by atoms with E-state index in [4.69, 9.17) is 0 Å². The van der Waals surface area contributed by atoms with Gasteiger partial charge in [-0.15, -0.1) is 0 Å². The second-order valence-electron chi connectivity index (χ2n) is 6.86. The molecule has 0 amide bonds. The molecule has 1 aliphatic carbocycles. The molecule has 6 nitrogen and oxygen atoms in total. The molecule has 3 N–H and O–H groups in total. The second-order valence-corrected chi connectivity index (χ2v) is 7.70. The summed E-state index contributed by atoms with van der Waals surface area (Å²) in [6.07, 6.45) is 3.48. The third-order valence-corrected chi connectivity index (χ3v) is 5.67. The fraction of sp³-hybridized carbons (Fsp3) is 0.190. The van der Waals surface area contributed by atoms with E-state index < -0.39 is 34.6 Å². The molecule has 0 saturated heterocycles. The molecule has 1 aromatic carbocycles. The zero-order valence-electron chi connectivity index (χ0n) is 16.7. The van der Waals surface area contributed by atoms with Crippen molar-refractivity contribution in [1.29, 1.82) is 0 Å². The summed E-state index contributed by atoms with van der Waals surface area (Å²) in [5.41, 5.74) is -0.714. The van der Waals surface area contributed by atoms with E-state index in [0.717, 1.165) is 18.2 Å². The van der Waals surface area contributed by atoms with Crippen molar-refractivity contribution in [2.24, 2.45) is 0 Å². The predicted octanol–water partition coefficient (Wildman–Crippen LogP) is 5.79. The third-order valence-electron chi connectivity index (χ3n) is 4.79. The van der Waals surface area contributed by atoms with Crippen LogP contribution in [0.15, 0.2) is 47.3 Å². The van der Waals surface area contributed by atoms with Gasteiger partial charge in [-0.1, -0.05) is 0 Å². The Balaban J connectivity index is 1.69. The minimum atomic E-state index is -1.15. The summed E-state index contributed by atoms with van der Waals surface area (Å²) in [5, 5.41) is 3.29. The van der Waals surface area contributed by atoms with E-state index >= 15 is 4.39 Å². The highest BCUT2D eigenvalue weighted by Gasteiger charge is 2.26. The molecule has 0 saturated carbocycles. The Hall–Kier alpha value is -3.34. The zero-order chi connectivity index (χ0) is 22.8. The molecule has 0 spiro atoms. The Labute approximate surface area is 184 Å². The molecule has 0 atom stereocenters. The van der Waals surface area contributed by atoms with Crippen LogP contribution < -0.4 is 10.0 Å². The highest BCUT2D eigenvalue weighted by Crippen LogP contribution is 2.35. The van der Waals surface area contributed by atoms with Gasteiger partial charge in [-0.3, -0.25) is 4.79 Å². The number of anilines is 2. The molecule has 2 heterocycles. The molecule has 3 aromatic rings. The number of nitrogens with zero attached hydrogens (tertiary/aromatic N) is 2. The molecule has 11 heteroatoms. The molecule has 0 bridgehead atoms. The third kappa shape index (κ3) is 4.07. The van der Waals surface area contributed by atoms with Crippen molar-refractivity contribution in [1.82, 2.24) is 15.0 Å². The Kier molecular flexibility index (Phi) is 6.17. The van der Waals surface area contributed by atoms with Gasteiger partial charge in [0, 0.05) is 25.6 Å². The van der Waals surface area contributed by atoms with Crippen LogP contribution in [0.1, 0.15) is 35.7 Å². The molecule has 2 aromatic heterocycles. The predicted molar refractivity (Wildman–Crippen MR) is 116 cm³/mol. The first-order valence-corrected chi connectivity index (χ1v) is 10.5. The number of H-pyrrole nitrogens is 1. The summed E-state index contributed by atoms with van der Waals surface area (Å²) in [4.78, 5) is 24.0. The fourth-order valence-corrected chi connectivity index (χ4v) is 4.03. The maximum Gasteiger partial charge on any atom is 0.201 e. The average Bonchev–Trinajstić information content (AvgIpc) is 3.21. The summed E-state index contributed by atoms with van der Waals surface area (Å²) in [6, 6.07) is 2.01. The number of halogens is 4. The molecular formula is C21H17F4N5OS. The number of rotatable bonds is 7. The molecule has 166 valence electrons. The van der Waals surface area contributed by atoms with Crippen molar-refractivity contribution < 1.29 is 22.4 Å². The van der Waals surface area contributed by atoms with E-state index in [9.17, 15) is 18.0 Å². The Morgan fingerprint density at radius 2 is 2.00 bits per heavy atom. The molecule has 0 aliphatic heterocycles. The van der Waals surface area contributed by atoms with Crippen LogP contribution in [0, 0.1) is 11.6 Å². The van der Waals surface area contributed by atoms with E-state index in [0.29, 0.717) is 35.3 Å². The quantitative estimate of drug-likeness (QED) is 0.234. The number of fused-ring (bicyclic) bond motifs is 1. The van der Waals surface area contributed by atoms with Gasteiger partial charge in [-0.2, -0.15) is 0 Å². The van der Waals surface area contributed by atoms with Crippen LogP contribution in [-0.4, -0.2) is 27.3 Å². The van der Waals surface area contributed by atoms with Crippen LogP contribution in [0.25, 0.3) is 11.0 Å². The summed E-state index contributed by atoms with van der Waals surface area (Å²) in [6.45, 7) is 2.34. The maximum absolute atomic E-state index is 15.2. The Morgan fingerprint density at radius 3 is 2.78 bits per heavy atom. The molecule has 0 unspecified atom stereocenters. The lowest BCUT2D eigenvalue weighted by atomic mass is 10.0. The number of carbonyl (C=O) groups is 1. The van der Waals surface area contributed by atoms with E-state index in [1.54, 1.807) is 0 Å². The smallest absolute Gasteiger partial charge is 0.201 e. The topological polar surface area (TPSA) is 82.7 Å². The van der Waals surface area contributed by atoms with Gasteiger partial charge in [0.05, 0.1) is 27.1 Å². The van der Waals surface area contributed by atoms with E-state index in [1.807, 2.05) is 6.92 Å². The van der Waals surface area contributed by atoms with Gasteiger partial charge >= 0.3 is 0 Å². The minimum Gasteiger partial charge on any atom is -0.370 e. The molecular weight excluding hydrogens is 446 g/mol. The van der Waals surface area contributed by atoms with Gasteiger partial charge in [0.25, 0.3) is 0 Å². The normalized spacial score (nSPS) is 14.0. The first kappa shape index (κ1) is 21.9. The van der Waals surface area contributed by atoms with Crippen molar-refractivity contribution in [2.45, 2.75) is 19.8 Å². The molecule has 32 heavy (non-hydrogen) atoms. The van der Waals surface area contributed by atoms with Gasteiger partial charge < -0.3 is 15.0 Å². The Morgan fingerprint density at radius 1 is 1.19 bits per heavy atom. The van der Waals surface area contributed by atoms with Crippen molar-refractivity contribution in [2.75, 3.05) is 16.6 Å².